The molecule has 7 nitrogen and oxygen atoms in total. The summed E-state index contributed by atoms with van der Waals surface area (Å²) < 4.78 is 0. The van der Waals surface area contributed by atoms with Gasteiger partial charge in [0, 0.05) is 101 Å². The molecule has 0 aromatic heterocycles. The molecule has 45 heavy (non-hydrogen) atoms. The van der Waals surface area contributed by atoms with Crippen molar-refractivity contribution in [1.29, 1.82) is 0 Å². The molecule has 3 saturated heterocycles. The van der Waals surface area contributed by atoms with E-state index in [4.69, 9.17) is 0 Å². The van der Waals surface area contributed by atoms with E-state index in [1.165, 1.54) is 22.5 Å². The van der Waals surface area contributed by atoms with Gasteiger partial charge in [0.25, 0.3) is 0 Å². The molecule has 238 valence electrons. The van der Waals surface area contributed by atoms with E-state index in [0.717, 1.165) is 106 Å². The third-order valence-corrected chi connectivity index (χ3v) is 9.80. The number of hydrogen-bond acceptors (Lipinski definition) is 7. The number of carbonyl (C=O) groups excluding carboxylic acids is 1. The average Bonchev–Trinajstić information content (AvgIpc) is 3.04. The van der Waals surface area contributed by atoms with Crippen molar-refractivity contribution < 1.29 is 4.79 Å². The Hall–Kier alpha value is -3.65. The zero-order chi connectivity index (χ0) is 31.5. The van der Waals surface area contributed by atoms with Gasteiger partial charge in [0.2, 0.25) is 0 Å². The van der Waals surface area contributed by atoms with Crippen molar-refractivity contribution >= 4 is 28.9 Å². The highest BCUT2D eigenvalue weighted by atomic mass is 16.1. The van der Waals surface area contributed by atoms with E-state index >= 15 is 0 Å². The van der Waals surface area contributed by atoms with Crippen LogP contribution in [0.5, 0.6) is 0 Å². The number of nitrogens with zero attached hydrogens (tertiary/aromatic N) is 6. The Kier molecular flexibility index (Phi) is 9.59. The number of aryl methyl sites for hydroxylation is 2. The Morgan fingerprint density at radius 2 is 1.09 bits per heavy atom. The maximum atomic E-state index is 14.2. The summed E-state index contributed by atoms with van der Waals surface area (Å²) >= 11 is 0. The van der Waals surface area contributed by atoms with Crippen LogP contribution in [0.1, 0.15) is 27.0 Å². The minimum atomic E-state index is 0.0580. The van der Waals surface area contributed by atoms with E-state index in [2.05, 4.69) is 125 Å². The van der Waals surface area contributed by atoms with Gasteiger partial charge >= 0.3 is 0 Å². The smallest absolute Gasteiger partial charge is 0.187 e. The summed E-state index contributed by atoms with van der Waals surface area (Å²) in [5.41, 5.74) is 10.1. The fraction of sp³-hybridized carbons (Fsp3) is 0.447. The number of likely N-dealkylation sites (N-methyl/N-ethyl adjacent to an activating group) is 3. The third-order valence-electron chi connectivity index (χ3n) is 9.80. The summed E-state index contributed by atoms with van der Waals surface area (Å²) in [5, 5.41) is 0. The normalized spacial score (nSPS) is 19.1. The van der Waals surface area contributed by atoms with E-state index in [0.29, 0.717) is 0 Å². The van der Waals surface area contributed by atoms with Crippen molar-refractivity contribution in [3.05, 3.63) is 82.9 Å². The molecule has 0 amide bonds. The Morgan fingerprint density at radius 1 is 0.556 bits per heavy atom. The van der Waals surface area contributed by atoms with Crippen LogP contribution in [0, 0.1) is 13.8 Å². The summed E-state index contributed by atoms with van der Waals surface area (Å²) in [6, 6.07) is 19.9. The van der Waals surface area contributed by atoms with E-state index in [9.17, 15) is 4.79 Å². The lowest BCUT2D eigenvalue weighted by atomic mass is 9.96. The van der Waals surface area contributed by atoms with Crippen LogP contribution < -0.4 is 14.7 Å². The van der Waals surface area contributed by atoms with Crippen LogP contribution in [0.15, 0.2) is 60.7 Å². The lowest BCUT2D eigenvalue weighted by Crippen LogP contribution is -2.45. The Balaban J connectivity index is 1.34. The van der Waals surface area contributed by atoms with Crippen molar-refractivity contribution in [3.8, 4) is 11.1 Å². The molecule has 0 bridgehead atoms. The number of benzene rings is 3. The highest BCUT2D eigenvalue weighted by Crippen LogP contribution is 2.32. The van der Waals surface area contributed by atoms with Gasteiger partial charge in [-0.15, -0.1) is 0 Å². The summed E-state index contributed by atoms with van der Waals surface area (Å²) in [6.45, 7) is 16.4. The van der Waals surface area contributed by atoms with Gasteiger partial charge in [0.15, 0.2) is 5.78 Å². The van der Waals surface area contributed by atoms with Crippen LogP contribution in [0.2, 0.25) is 0 Å². The van der Waals surface area contributed by atoms with E-state index in [1.807, 2.05) is 6.08 Å². The molecule has 0 atom stereocenters. The summed E-state index contributed by atoms with van der Waals surface area (Å²) in [5.74, 6) is 0.0580. The average molecular weight is 607 g/mol. The minimum absolute atomic E-state index is 0.0580. The summed E-state index contributed by atoms with van der Waals surface area (Å²) in [7, 11) is 6.56. The molecule has 7 heteroatoms. The molecule has 3 fully saturated rings. The standard InChI is InChI=1S/C38H50N6O/c1-29-24-30(2)26-33(25-29)32-7-10-36(43-20-14-40(4)15-21-43)35(27-32)38(45)11-8-31-6-9-34(42-18-12-39(3)13-19-42)28-37(31)44-22-16-41(5)17-23-44/h6-11,24-28H,12-23H2,1-5H3. The second kappa shape index (κ2) is 13.8. The van der Waals surface area contributed by atoms with Gasteiger partial charge in [-0.05, 0) is 88.1 Å². The molecule has 0 saturated carbocycles. The fourth-order valence-corrected chi connectivity index (χ4v) is 6.89. The maximum absolute atomic E-state index is 14.2. The van der Waals surface area contributed by atoms with Crippen molar-refractivity contribution in [2.75, 3.05) is 114 Å². The summed E-state index contributed by atoms with van der Waals surface area (Å²) in [4.78, 5) is 28.7. The molecule has 3 aliphatic heterocycles. The van der Waals surface area contributed by atoms with E-state index in [1.54, 1.807) is 0 Å². The zero-order valence-corrected chi connectivity index (χ0v) is 27.9. The first kappa shape index (κ1) is 31.3. The molecule has 0 N–H and O–H groups in total. The van der Waals surface area contributed by atoms with Gasteiger partial charge in [-0.3, -0.25) is 4.79 Å². The molecule has 3 aromatic rings. The van der Waals surface area contributed by atoms with Gasteiger partial charge in [-0.1, -0.05) is 41.5 Å². The van der Waals surface area contributed by atoms with Crippen LogP contribution in [0.3, 0.4) is 0 Å². The predicted octanol–water partition coefficient (Wildman–Crippen LogP) is 5.12. The van der Waals surface area contributed by atoms with Gasteiger partial charge in [-0.2, -0.15) is 0 Å². The number of anilines is 3. The molecule has 0 spiro atoms. The molecule has 0 unspecified atom stereocenters. The molecule has 3 aromatic carbocycles. The number of hydrogen-bond donors (Lipinski definition) is 0. The number of piperazine rings is 3. The van der Waals surface area contributed by atoms with E-state index < -0.39 is 0 Å². The first-order valence-electron chi connectivity index (χ1n) is 16.6. The monoisotopic (exact) mass is 606 g/mol. The van der Waals surface area contributed by atoms with E-state index in [-0.39, 0.29) is 5.78 Å². The molecular formula is C38H50N6O. The number of allylic oxidation sites excluding steroid dienone is 1. The molecule has 3 heterocycles. The molecule has 0 aliphatic carbocycles. The number of rotatable bonds is 7. The molecule has 3 aliphatic rings. The molecular weight excluding hydrogens is 556 g/mol. The Morgan fingerprint density at radius 3 is 1.67 bits per heavy atom. The van der Waals surface area contributed by atoms with Gasteiger partial charge in [0.1, 0.15) is 0 Å². The largest absolute Gasteiger partial charge is 0.369 e. The van der Waals surface area contributed by atoms with Crippen molar-refractivity contribution in [1.82, 2.24) is 14.7 Å². The highest BCUT2D eigenvalue weighted by Gasteiger charge is 2.22. The lowest BCUT2D eigenvalue weighted by Gasteiger charge is -2.37. The van der Waals surface area contributed by atoms with Crippen LogP contribution >= 0.6 is 0 Å². The lowest BCUT2D eigenvalue weighted by molar-refractivity contribution is 0.104. The zero-order valence-electron chi connectivity index (χ0n) is 27.9. The first-order chi connectivity index (χ1) is 21.7. The Labute approximate surface area is 270 Å². The second-order valence-electron chi connectivity index (χ2n) is 13.4. The maximum Gasteiger partial charge on any atom is 0.187 e. The van der Waals surface area contributed by atoms with Crippen molar-refractivity contribution in [2.45, 2.75) is 13.8 Å². The van der Waals surface area contributed by atoms with Crippen LogP contribution in [0.25, 0.3) is 17.2 Å². The van der Waals surface area contributed by atoms with Gasteiger partial charge in [-0.25, -0.2) is 0 Å². The number of carbonyl (C=O) groups is 1. The minimum Gasteiger partial charge on any atom is -0.369 e. The number of ketones is 1. The Bertz CT molecular complexity index is 1500. The van der Waals surface area contributed by atoms with Crippen molar-refractivity contribution in [3.63, 3.8) is 0 Å². The molecule has 6 rings (SSSR count). The van der Waals surface area contributed by atoms with Crippen LogP contribution in [-0.2, 0) is 0 Å². The van der Waals surface area contributed by atoms with Crippen LogP contribution in [-0.4, -0.2) is 120 Å². The highest BCUT2D eigenvalue weighted by molar-refractivity contribution is 6.11. The van der Waals surface area contributed by atoms with Crippen molar-refractivity contribution in [2.24, 2.45) is 0 Å². The molecule has 0 radical (unpaired) electrons. The first-order valence-corrected chi connectivity index (χ1v) is 16.6. The SMILES string of the molecule is Cc1cc(C)cc(-c2ccc(N3CCN(C)CC3)c(C(=O)C=Cc3ccc(N4CCN(C)CC4)cc3N3CCN(C)CC3)c2)c1. The van der Waals surface area contributed by atoms with Crippen LogP contribution in [0.4, 0.5) is 17.1 Å². The van der Waals surface area contributed by atoms with Gasteiger partial charge in [0.05, 0.1) is 0 Å². The topological polar surface area (TPSA) is 36.5 Å². The predicted molar refractivity (Wildman–Crippen MR) is 190 cm³/mol. The van der Waals surface area contributed by atoms with Gasteiger partial charge < -0.3 is 29.4 Å². The third kappa shape index (κ3) is 7.43. The fourth-order valence-electron chi connectivity index (χ4n) is 6.89. The second-order valence-corrected chi connectivity index (χ2v) is 13.4. The summed E-state index contributed by atoms with van der Waals surface area (Å²) in [6.07, 6.45) is 3.87. The quantitative estimate of drug-likeness (QED) is 0.273.